The summed E-state index contributed by atoms with van der Waals surface area (Å²) in [6, 6.07) is 13.1. The van der Waals surface area contributed by atoms with Crippen molar-refractivity contribution in [1.82, 2.24) is 9.78 Å². The zero-order valence-electron chi connectivity index (χ0n) is 9.38. The lowest BCUT2D eigenvalue weighted by molar-refractivity contribution is 0.112. The van der Waals surface area contributed by atoms with Crippen LogP contribution in [0.4, 0.5) is 0 Å². The van der Waals surface area contributed by atoms with Crippen molar-refractivity contribution in [3.05, 3.63) is 59.2 Å². The van der Waals surface area contributed by atoms with Gasteiger partial charge in [0, 0.05) is 10.9 Å². The van der Waals surface area contributed by atoms with Crippen molar-refractivity contribution >= 4 is 28.8 Å². The molecule has 2 aromatic carbocycles. The summed E-state index contributed by atoms with van der Waals surface area (Å²) < 4.78 is 1.77. The fraction of sp³-hybridized carbons (Fsp3) is 0. The molecule has 88 valence electrons. The second-order valence-electron chi connectivity index (χ2n) is 3.94. The van der Waals surface area contributed by atoms with E-state index in [4.69, 9.17) is 11.6 Å². The van der Waals surface area contributed by atoms with Gasteiger partial charge in [0.2, 0.25) is 0 Å². The van der Waals surface area contributed by atoms with E-state index in [1.807, 2.05) is 24.3 Å². The number of benzene rings is 2. The van der Waals surface area contributed by atoms with Crippen molar-refractivity contribution in [1.29, 1.82) is 0 Å². The smallest absolute Gasteiger partial charge is 0.150 e. The quantitative estimate of drug-likeness (QED) is 0.658. The highest BCUT2D eigenvalue weighted by molar-refractivity contribution is 6.32. The Bertz CT molecular complexity index is 733. The number of para-hydroxylation sites is 1. The van der Waals surface area contributed by atoms with Gasteiger partial charge in [-0.3, -0.25) is 4.79 Å². The van der Waals surface area contributed by atoms with Crippen LogP contribution in [0, 0.1) is 0 Å². The van der Waals surface area contributed by atoms with Crippen molar-refractivity contribution in [2.45, 2.75) is 0 Å². The summed E-state index contributed by atoms with van der Waals surface area (Å²) in [6.45, 7) is 0. The molecular weight excluding hydrogens is 248 g/mol. The van der Waals surface area contributed by atoms with Crippen LogP contribution in [0.25, 0.3) is 16.6 Å². The second-order valence-corrected chi connectivity index (χ2v) is 4.35. The number of hydrogen-bond donors (Lipinski definition) is 0. The summed E-state index contributed by atoms with van der Waals surface area (Å²) >= 11 is 6.18. The molecule has 1 aromatic heterocycles. The summed E-state index contributed by atoms with van der Waals surface area (Å²) in [5, 5.41) is 5.88. The first kappa shape index (κ1) is 11.0. The lowest BCUT2D eigenvalue weighted by atomic mass is 10.2. The minimum absolute atomic E-state index is 0.508. The monoisotopic (exact) mass is 256 g/mol. The highest BCUT2D eigenvalue weighted by Gasteiger charge is 2.08. The topological polar surface area (TPSA) is 34.9 Å². The maximum Gasteiger partial charge on any atom is 0.150 e. The van der Waals surface area contributed by atoms with Gasteiger partial charge in [0.15, 0.2) is 0 Å². The van der Waals surface area contributed by atoms with Crippen molar-refractivity contribution in [2.75, 3.05) is 0 Å². The molecule has 4 heteroatoms. The van der Waals surface area contributed by atoms with Crippen LogP contribution in [0.1, 0.15) is 10.4 Å². The fourth-order valence-electron chi connectivity index (χ4n) is 1.93. The van der Waals surface area contributed by atoms with Crippen LogP contribution in [-0.2, 0) is 0 Å². The molecule has 18 heavy (non-hydrogen) atoms. The molecule has 3 aromatic rings. The van der Waals surface area contributed by atoms with Gasteiger partial charge in [-0.25, -0.2) is 4.68 Å². The number of rotatable bonds is 2. The Balaban J connectivity index is 2.23. The molecule has 3 nitrogen and oxygen atoms in total. The molecule has 0 fully saturated rings. The molecule has 0 unspecified atom stereocenters. The van der Waals surface area contributed by atoms with Crippen LogP contribution in [-0.4, -0.2) is 16.1 Å². The van der Waals surface area contributed by atoms with Crippen molar-refractivity contribution in [2.24, 2.45) is 0 Å². The molecule has 1 heterocycles. The van der Waals surface area contributed by atoms with E-state index in [1.165, 1.54) is 0 Å². The average Bonchev–Trinajstić information content (AvgIpc) is 2.82. The van der Waals surface area contributed by atoms with E-state index in [0.29, 0.717) is 10.6 Å². The molecule has 0 radical (unpaired) electrons. The van der Waals surface area contributed by atoms with E-state index in [-0.39, 0.29) is 0 Å². The molecule has 0 aliphatic rings. The Labute approximate surface area is 109 Å². The van der Waals surface area contributed by atoms with Crippen LogP contribution >= 0.6 is 11.6 Å². The van der Waals surface area contributed by atoms with Gasteiger partial charge in [-0.05, 0) is 24.3 Å². The lowest BCUT2D eigenvalue weighted by Crippen LogP contribution is -1.97. The third kappa shape index (κ3) is 1.69. The number of fused-ring (bicyclic) bond motifs is 1. The molecule has 0 saturated heterocycles. The Hall–Kier alpha value is -2.13. The highest BCUT2D eigenvalue weighted by atomic mass is 35.5. The zero-order valence-corrected chi connectivity index (χ0v) is 10.1. The summed E-state index contributed by atoms with van der Waals surface area (Å²) in [5.74, 6) is 0. The Morgan fingerprint density at radius 2 is 2.00 bits per heavy atom. The Kier molecular flexibility index (Phi) is 2.61. The predicted molar refractivity (Wildman–Crippen MR) is 71.5 cm³/mol. The van der Waals surface area contributed by atoms with E-state index in [1.54, 1.807) is 29.1 Å². The highest BCUT2D eigenvalue weighted by Crippen LogP contribution is 2.24. The van der Waals surface area contributed by atoms with Gasteiger partial charge in [-0.1, -0.05) is 29.8 Å². The third-order valence-corrected chi connectivity index (χ3v) is 3.12. The molecule has 0 N–H and O–H groups in total. The van der Waals surface area contributed by atoms with Crippen LogP contribution in [0.3, 0.4) is 0 Å². The zero-order chi connectivity index (χ0) is 12.5. The van der Waals surface area contributed by atoms with Gasteiger partial charge in [-0.15, -0.1) is 0 Å². The number of carbonyl (C=O) groups excluding carboxylic acids is 1. The molecule has 0 spiro atoms. The minimum Gasteiger partial charge on any atom is -0.298 e. The molecule has 0 amide bonds. The van der Waals surface area contributed by atoms with E-state index in [0.717, 1.165) is 22.9 Å². The predicted octanol–water partition coefficient (Wildman–Crippen LogP) is 3.49. The van der Waals surface area contributed by atoms with E-state index < -0.39 is 0 Å². The fourth-order valence-corrected chi connectivity index (χ4v) is 2.20. The van der Waals surface area contributed by atoms with Crippen molar-refractivity contribution in [3.63, 3.8) is 0 Å². The molecule has 0 atom stereocenters. The summed E-state index contributed by atoms with van der Waals surface area (Å²) in [5.41, 5.74) is 2.31. The number of nitrogens with zero attached hydrogens (tertiary/aromatic N) is 2. The van der Waals surface area contributed by atoms with Gasteiger partial charge in [0.1, 0.15) is 6.29 Å². The number of aldehydes is 1. The first-order valence-corrected chi connectivity index (χ1v) is 5.85. The number of hydrogen-bond acceptors (Lipinski definition) is 2. The standard InChI is InChI=1S/C14H9ClN2O/c15-12-7-10(9-18)5-6-14(12)17-13-4-2-1-3-11(13)8-16-17/h1-9H. The average molecular weight is 257 g/mol. The maximum atomic E-state index is 10.7. The normalized spacial score (nSPS) is 10.7. The lowest BCUT2D eigenvalue weighted by Gasteiger charge is -2.06. The maximum absolute atomic E-state index is 10.7. The first-order chi connectivity index (χ1) is 8.79. The molecular formula is C14H9ClN2O. The minimum atomic E-state index is 0.508. The largest absolute Gasteiger partial charge is 0.298 e. The summed E-state index contributed by atoms with van der Waals surface area (Å²) in [4.78, 5) is 10.7. The van der Waals surface area contributed by atoms with E-state index >= 15 is 0 Å². The van der Waals surface area contributed by atoms with Crippen molar-refractivity contribution in [3.8, 4) is 5.69 Å². The Morgan fingerprint density at radius 3 is 2.78 bits per heavy atom. The molecule has 3 rings (SSSR count). The van der Waals surface area contributed by atoms with Gasteiger partial charge in [-0.2, -0.15) is 5.10 Å². The number of halogens is 1. The van der Waals surface area contributed by atoms with Crippen LogP contribution in [0.2, 0.25) is 5.02 Å². The molecule has 0 aliphatic carbocycles. The van der Waals surface area contributed by atoms with E-state index in [9.17, 15) is 4.79 Å². The van der Waals surface area contributed by atoms with Gasteiger partial charge < -0.3 is 0 Å². The molecule has 0 aliphatic heterocycles. The number of carbonyl (C=O) groups is 1. The molecule has 0 saturated carbocycles. The summed E-state index contributed by atoms with van der Waals surface area (Å²) in [6.07, 6.45) is 2.57. The Morgan fingerprint density at radius 1 is 1.17 bits per heavy atom. The summed E-state index contributed by atoms with van der Waals surface area (Å²) in [7, 11) is 0. The molecule has 0 bridgehead atoms. The van der Waals surface area contributed by atoms with Gasteiger partial charge >= 0.3 is 0 Å². The SMILES string of the molecule is O=Cc1ccc(-n2ncc3ccccc32)c(Cl)c1. The van der Waals surface area contributed by atoms with Gasteiger partial charge in [0.05, 0.1) is 22.4 Å². The van der Waals surface area contributed by atoms with Crippen LogP contribution in [0.5, 0.6) is 0 Å². The van der Waals surface area contributed by atoms with Crippen molar-refractivity contribution < 1.29 is 4.79 Å². The van der Waals surface area contributed by atoms with E-state index in [2.05, 4.69) is 5.10 Å². The van der Waals surface area contributed by atoms with Crippen LogP contribution in [0.15, 0.2) is 48.7 Å². The number of aromatic nitrogens is 2. The third-order valence-electron chi connectivity index (χ3n) is 2.81. The van der Waals surface area contributed by atoms with Gasteiger partial charge in [0.25, 0.3) is 0 Å². The van der Waals surface area contributed by atoms with Crippen LogP contribution < -0.4 is 0 Å². The second kappa shape index (κ2) is 4.27. The first-order valence-electron chi connectivity index (χ1n) is 5.47.